The molecule has 0 atom stereocenters. The molecule has 1 rings (SSSR count). The molecule has 0 saturated carbocycles. The van der Waals surface area contributed by atoms with Gasteiger partial charge in [-0.2, -0.15) is 0 Å². The highest BCUT2D eigenvalue weighted by atomic mass is 16.5. The third kappa shape index (κ3) is 3.77. The van der Waals surface area contributed by atoms with Gasteiger partial charge in [-0.1, -0.05) is 0 Å². The van der Waals surface area contributed by atoms with E-state index in [9.17, 15) is 0 Å². The van der Waals surface area contributed by atoms with Crippen LogP contribution in [-0.4, -0.2) is 37.3 Å². The van der Waals surface area contributed by atoms with Gasteiger partial charge in [-0.15, -0.1) is 0 Å². The Kier molecular flexibility index (Phi) is 4.39. The molecule has 0 aliphatic carbocycles. The number of nitrogen functional groups attached to an aromatic ring is 1. The Hall–Kier alpha value is -1.26. The van der Waals surface area contributed by atoms with Gasteiger partial charge >= 0.3 is 0 Å². The number of aliphatic hydroxyl groups is 1. The second kappa shape index (κ2) is 5.58. The zero-order valence-electron chi connectivity index (χ0n) is 9.23. The zero-order valence-corrected chi connectivity index (χ0v) is 9.23. The predicted octanol–water partition coefficient (Wildman–Crippen LogP) is 0.701. The van der Waals surface area contributed by atoms with E-state index in [-0.39, 0.29) is 6.61 Å². The molecule has 0 saturated heterocycles. The number of methoxy groups -OCH3 is 1. The van der Waals surface area contributed by atoms with Gasteiger partial charge in [-0.3, -0.25) is 4.90 Å². The maximum absolute atomic E-state index is 8.78. The Morgan fingerprint density at radius 2 is 2.13 bits per heavy atom. The lowest BCUT2D eigenvalue weighted by atomic mass is 10.2. The molecule has 0 unspecified atom stereocenters. The summed E-state index contributed by atoms with van der Waals surface area (Å²) in [6.45, 7) is 1.56. The van der Waals surface area contributed by atoms with E-state index in [1.807, 2.05) is 24.1 Å². The molecule has 3 N–H and O–H groups in total. The van der Waals surface area contributed by atoms with Gasteiger partial charge in [0.25, 0.3) is 0 Å². The van der Waals surface area contributed by atoms with E-state index >= 15 is 0 Å². The predicted molar refractivity (Wildman–Crippen MR) is 60.8 cm³/mol. The number of ether oxygens (including phenoxy) is 1. The van der Waals surface area contributed by atoms with E-state index in [1.54, 1.807) is 13.2 Å². The number of nitrogens with two attached hydrogens (primary N) is 1. The summed E-state index contributed by atoms with van der Waals surface area (Å²) >= 11 is 0. The Bertz CT molecular complexity index is 315. The van der Waals surface area contributed by atoms with Crippen molar-refractivity contribution in [1.29, 1.82) is 0 Å². The number of rotatable bonds is 5. The Morgan fingerprint density at radius 1 is 1.40 bits per heavy atom. The number of likely N-dealkylation sites (N-methyl/N-ethyl adjacent to an activating group) is 1. The van der Waals surface area contributed by atoms with Gasteiger partial charge in [-0.25, -0.2) is 0 Å². The number of nitrogens with zero attached hydrogens (tertiary/aromatic N) is 1. The van der Waals surface area contributed by atoms with Crippen LogP contribution in [0.4, 0.5) is 5.69 Å². The molecule has 1 aromatic rings. The summed E-state index contributed by atoms with van der Waals surface area (Å²) in [6, 6.07) is 5.65. The molecule has 0 heterocycles. The molecule has 0 fully saturated rings. The average Bonchev–Trinajstić information content (AvgIpc) is 2.17. The molecule has 0 aliphatic heterocycles. The highest BCUT2D eigenvalue weighted by molar-refractivity contribution is 5.47. The molecule has 0 aliphatic rings. The SMILES string of the molecule is COc1cc(N)cc(CN(C)CCO)c1. The van der Waals surface area contributed by atoms with Crippen molar-refractivity contribution in [3.63, 3.8) is 0 Å². The molecule has 4 nitrogen and oxygen atoms in total. The van der Waals surface area contributed by atoms with Crippen molar-refractivity contribution < 1.29 is 9.84 Å². The minimum atomic E-state index is 0.163. The molecule has 0 amide bonds. The van der Waals surface area contributed by atoms with Crippen molar-refractivity contribution >= 4 is 5.69 Å². The molecular weight excluding hydrogens is 192 g/mol. The van der Waals surface area contributed by atoms with Gasteiger partial charge in [-0.05, 0) is 24.7 Å². The molecule has 4 heteroatoms. The van der Waals surface area contributed by atoms with Crippen LogP contribution in [0.15, 0.2) is 18.2 Å². The molecule has 15 heavy (non-hydrogen) atoms. The van der Waals surface area contributed by atoms with Crippen LogP contribution in [0.3, 0.4) is 0 Å². The fourth-order valence-corrected chi connectivity index (χ4v) is 1.46. The van der Waals surface area contributed by atoms with Crippen LogP contribution < -0.4 is 10.5 Å². The van der Waals surface area contributed by atoms with Gasteiger partial charge in [0.05, 0.1) is 13.7 Å². The van der Waals surface area contributed by atoms with E-state index in [1.165, 1.54) is 0 Å². The molecule has 1 aromatic carbocycles. The first-order chi connectivity index (χ1) is 7.15. The van der Waals surface area contributed by atoms with Gasteiger partial charge in [0.15, 0.2) is 0 Å². The second-order valence-corrected chi connectivity index (χ2v) is 3.58. The Labute approximate surface area is 90.3 Å². The maximum Gasteiger partial charge on any atom is 0.121 e. The number of hydrogen-bond acceptors (Lipinski definition) is 4. The van der Waals surface area contributed by atoms with Crippen LogP contribution in [0.5, 0.6) is 5.75 Å². The normalized spacial score (nSPS) is 10.7. The fourth-order valence-electron chi connectivity index (χ4n) is 1.46. The highest BCUT2D eigenvalue weighted by Crippen LogP contribution is 2.19. The number of hydrogen-bond donors (Lipinski definition) is 2. The van der Waals surface area contributed by atoms with Crippen molar-refractivity contribution in [3.05, 3.63) is 23.8 Å². The second-order valence-electron chi connectivity index (χ2n) is 3.58. The quantitative estimate of drug-likeness (QED) is 0.702. The van der Waals surface area contributed by atoms with Crippen LogP contribution in [-0.2, 0) is 6.54 Å². The Morgan fingerprint density at radius 3 is 2.73 bits per heavy atom. The first-order valence-electron chi connectivity index (χ1n) is 4.88. The van der Waals surface area contributed by atoms with Gasteiger partial charge in [0.2, 0.25) is 0 Å². The fraction of sp³-hybridized carbons (Fsp3) is 0.455. The van der Waals surface area contributed by atoms with E-state index < -0.39 is 0 Å². The summed E-state index contributed by atoms with van der Waals surface area (Å²) in [6.07, 6.45) is 0. The van der Waals surface area contributed by atoms with Crippen molar-refractivity contribution in [2.24, 2.45) is 0 Å². The smallest absolute Gasteiger partial charge is 0.121 e. The number of benzene rings is 1. The summed E-state index contributed by atoms with van der Waals surface area (Å²) in [5, 5.41) is 8.78. The molecule has 0 aromatic heterocycles. The molecular formula is C11H18N2O2. The minimum Gasteiger partial charge on any atom is -0.497 e. The molecule has 0 bridgehead atoms. The van der Waals surface area contributed by atoms with E-state index in [0.717, 1.165) is 17.9 Å². The molecule has 0 spiro atoms. The van der Waals surface area contributed by atoms with Crippen LogP contribution in [0.25, 0.3) is 0 Å². The van der Waals surface area contributed by atoms with Crippen molar-refractivity contribution in [1.82, 2.24) is 4.90 Å². The Balaban J connectivity index is 2.71. The van der Waals surface area contributed by atoms with Crippen LogP contribution in [0, 0.1) is 0 Å². The van der Waals surface area contributed by atoms with Gasteiger partial charge in [0, 0.05) is 24.8 Å². The van der Waals surface area contributed by atoms with Gasteiger partial charge < -0.3 is 15.6 Å². The van der Waals surface area contributed by atoms with Crippen molar-refractivity contribution in [3.8, 4) is 5.75 Å². The lowest BCUT2D eigenvalue weighted by Gasteiger charge is -2.15. The number of anilines is 1. The van der Waals surface area contributed by atoms with Crippen molar-refractivity contribution in [2.45, 2.75) is 6.54 Å². The van der Waals surface area contributed by atoms with Crippen LogP contribution >= 0.6 is 0 Å². The lowest BCUT2D eigenvalue weighted by molar-refractivity contribution is 0.217. The largest absolute Gasteiger partial charge is 0.497 e. The first kappa shape index (κ1) is 11.8. The highest BCUT2D eigenvalue weighted by Gasteiger charge is 2.02. The average molecular weight is 210 g/mol. The third-order valence-electron chi connectivity index (χ3n) is 2.16. The van der Waals surface area contributed by atoms with E-state index in [2.05, 4.69) is 0 Å². The standard InChI is InChI=1S/C11H18N2O2/c1-13(3-4-14)8-9-5-10(12)7-11(6-9)15-2/h5-7,14H,3-4,8,12H2,1-2H3. The lowest BCUT2D eigenvalue weighted by Crippen LogP contribution is -2.21. The van der Waals surface area contributed by atoms with E-state index in [4.69, 9.17) is 15.6 Å². The maximum atomic E-state index is 8.78. The monoisotopic (exact) mass is 210 g/mol. The first-order valence-corrected chi connectivity index (χ1v) is 4.88. The minimum absolute atomic E-state index is 0.163. The van der Waals surface area contributed by atoms with E-state index in [0.29, 0.717) is 12.2 Å². The summed E-state index contributed by atoms with van der Waals surface area (Å²) in [4.78, 5) is 2.02. The van der Waals surface area contributed by atoms with Crippen LogP contribution in [0.2, 0.25) is 0 Å². The number of aliphatic hydroxyl groups excluding tert-OH is 1. The zero-order chi connectivity index (χ0) is 11.3. The summed E-state index contributed by atoms with van der Waals surface area (Å²) < 4.78 is 5.13. The van der Waals surface area contributed by atoms with Crippen LogP contribution in [0.1, 0.15) is 5.56 Å². The third-order valence-corrected chi connectivity index (χ3v) is 2.16. The van der Waals surface area contributed by atoms with Gasteiger partial charge in [0.1, 0.15) is 5.75 Å². The summed E-state index contributed by atoms with van der Waals surface area (Å²) in [5.41, 5.74) is 7.52. The molecule has 84 valence electrons. The molecule has 0 radical (unpaired) electrons. The van der Waals surface area contributed by atoms with Crippen molar-refractivity contribution in [2.75, 3.05) is 33.0 Å². The summed E-state index contributed by atoms with van der Waals surface area (Å²) in [5.74, 6) is 0.766. The summed E-state index contributed by atoms with van der Waals surface area (Å²) in [7, 11) is 3.57. The topological polar surface area (TPSA) is 58.7 Å².